The summed E-state index contributed by atoms with van der Waals surface area (Å²) in [6.45, 7) is 4.32. The van der Waals surface area contributed by atoms with E-state index in [-0.39, 0.29) is 18.1 Å². The van der Waals surface area contributed by atoms with Gasteiger partial charge >= 0.3 is 0 Å². The Morgan fingerprint density at radius 3 is 2.77 bits per heavy atom. The fraction of sp³-hybridized carbons (Fsp3) is 0.647. The minimum atomic E-state index is -0.197. The van der Waals surface area contributed by atoms with E-state index in [9.17, 15) is 4.79 Å². The van der Waals surface area contributed by atoms with Crippen molar-refractivity contribution in [1.29, 1.82) is 0 Å². The number of hydrogen-bond donors (Lipinski definition) is 2. The zero-order chi connectivity index (χ0) is 15.9. The third-order valence-corrected chi connectivity index (χ3v) is 4.14. The number of aromatic nitrogens is 1. The van der Waals surface area contributed by atoms with Gasteiger partial charge in [-0.05, 0) is 44.7 Å². The summed E-state index contributed by atoms with van der Waals surface area (Å²) in [5.74, 6) is 0.799. The molecule has 5 nitrogen and oxygen atoms in total. The molecule has 3 N–H and O–H groups in total. The molecule has 1 aliphatic carbocycles. The second-order valence-corrected chi connectivity index (χ2v) is 6.23. The summed E-state index contributed by atoms with van der Waals surface area (Å²) >= 11 is 0. The molecule has 22 heavy (non-hydrogen) atoms. The van der Waals surface area contributed by atoms with E-state index < -0.39 is 0 Å². The Balaban J connectivity index is 2.07. The lowest BCUT2D eigenvalue weighted by Crippen LogP contribution is -2.46. The molecule has 0 spiro atoms. The Morgan fingerprint density at radius 2 is 2.14 bits per heavy atom. The molecule has 0 bridgehead atoms. The molecule has 1 unspecified atom stereocenters. The number of nitrogens with zero attached hydrogens (tertiary/aromatic N) is 1. The van der Waals surface area contributed by atoms with Gasteiger partial charge in [0.2, 0.25) is 0 Å². The number of nitrogens with two attached hydrogens (primary N) is 1. The van der Waals surface area contributed by atoms with E-state index >= 15 is 0 Å². The van der Waals surface area contributed by atoms with Gasteiger partial charge in [-0.25, -0.2) is 4.98 Å². The van der Waals surface area contributed by atoms with Crippen LogP contribution in [0.3, 0.4) is 0 Å². The number of hydrogen-bond acceptors (Lipinski definition) is 4. The number of ether oxygens (including phenoxy) is 1. The highest BCUT2D eigenvalue weighted by atomic mass is 16.5. The summed E-state index contributed by atoms with van der Waals surface area (Å²) in [5, 5.41) is 3.06. The first kappa shape index (κ1) is 16.7. The quantitative estimate of drug-likeness (QED) is 0.846. The van der Waals surface area contributed by atoms with Crippen molar-refractivity contribution < 1.29 is 9.53 Å². The lowest BCUT2D eigenvalue weighted by Gasteiger charge is -2.30. The molecule has 0 aliphatic heterocycles. The average Bonchev–Trinajstić information content (AvgIpc) is 2.53. The molecule has 1 aromatic heterocycles. The van der Waals surface area contributed by atoms with Crippen LogP contribution in [0.2, 0.25) is 0 Å². The van der Waals surface area contributed by atoms with Crippen molar-refractivity contribution >= 4 is 5.91 Å². The number of pyridine rings is 1. The summed E-state index contributed by atoms with van der Waals surface area (Å²) in [5.41, 5.74) is 6.22. The normalized spacial score (nSPS) is 17.3. The summed E-state index contributed by atoms with van der Waals surface area (Å²) in [6.07, 6.45) is 7.62. The zero-order valence-corrected chi connectivity index (χ0v) is 13.5. The van der Waals surface area contributed by atoms with Gasteiger partial charge in [-0.1, -0.05) is 19.3 Å². The number of carbonyl (C=O) groups excluding carboxylic acids is 1. The molecule has 2 rings (SSSR count). The summed E-state index contributed by atoms with van der Waals surface area (Å²) in [7, 11) is 0. The fourth-order valence-electron chi connectivity index (χ4n) is 3.05. The van der Waals surface area contributed by atoms with Crippen LogP contribution in [0.25, 0.3) is 0 Å². The molecule has 1 saturated carbocycles. The van der Waals surface area contributed by atoms with E-state index in [0.717, 1.165) is 12.8 Å². The molecule has 1 aliphatic rings. The highest BCUT2D eigenvalue weighted by molar-refractivity contribution is 5.95. The second kappa shape index (κ2) is 8.13. The number of nitrogens with one attached hydrogen (secondary N) is 1. The summed E-state index contributed by atoms with van der Waals surface area (Å²) < 4.78 is 5.67. The van der Waals surface area contributed by atoms with Gasteiger partial charge in [0.25, 0.3) is 5.91 Å². The first-order valence-corrected chi connectivity index (χ1v) is 8.24. The third-order valence-electron chi connectivity index (χ3n) is 4.14. The van der Waals surface area contributed by atoms with Crippen LogP contribution in [0.15, 0.2) is 18.3 Å². The van der Waals surface area contributed by atoms with E-state index in [4.69, 9.17) is 10.5 Å². The van der Waals surface area contributed by atoms with Gasteiger partial charge in [0, 0.05) is 18.8 Å². The Morgan fingerprint density at radius 1 is 1.41 bits per heavy atom. The van der Waals surface area contributed by atoms with Crippen LogP contribution in [-0.2, 0) is 0 Å². The molecule has 1 fully saturated rings. The van der Waals surface area contributed by atoms with Crippen LogP contribution in [0.5, 0.6) is 5.75 Å². The first-order chi connectivity index (χ1) is 10.6. The van der Waals surface area contributed by atoms with Gasteiger partial charge in [-0.3, -0.25) is 4.79 Å². The molecule has 0 aromatic carbocycles. The van der Waals surface area contributed by atoms with Crippen LogP contribution in [-0.4, -0.2) is 29.6 Å². The highest BCUT2D eigenvalue weighted by Crippen LogP contribution is 2.26. The Bertz CT molecular complexity index is 485. The van der Waals surface area contributed by atoms with Crippen molar-refractivity contribution in [2.75, 3.05) is 6.54 Å². The summed E-state index contributed by atoms with van der Waals surface area (Å²) in [6, 6.07) is 3.57. The Labute approximate surface area is 132 Å². The molecule has 5 heteroatoms. The molecular weight excluding hydrogens is 278 g/mol. The van der Waals surface area contributed by atoms with E-state index in [1.54, 1.807) is 18.3 Å². The minimum Gasteiger partial charge on any atom is -0.489 e. The van der Waals surface area contributed by atoms with E-state index in [1.807, 2.05) is 13.8 Å². The van der Waals surface area contributed by atoms with Gasteiger partial charge in [0.05, 0.1) is 6.10 Å². The average molecular weight is 305 g/mol. The Hall–Kier alpha value is -1.62. The van der Waals surface area contributed by atoms with Gasteiger partial charge in [0.1, 0.15) is 0 Å². The fourth-order valence-corrected chi connectivity index (χ4v) is 3.05. The molecular formula is C17H27N3O2. The van der Waals surface area contributed by atoms with Crippen molar-refractivity contribution in [3.8, 4) is 5.75 Å². The van der Waals surface area contributed by atoms with Crippen molar-refractivity contribution in [2.24, 2.45) is 11.7 Å². The molecule has 1 atom stereocenters. The van der Waals surface area contributed by atoms with Crippen molar-refractivity contribution in [1.82, 2.24) is 10.3 Å². The molecule has 0 radical (unpaired) electrons. The first-order valence-electron chi connectivity index (χ1n) is 8.24. The second-order valence-electron chi connectivity index (χ2n) is 6.23. The van der Waals surface area contributed by atoms with Crippen molar-refractivity contribution in [2.45, 2.75) is 58.1 Å². The number of carbonyl (C=O) groups is 1. The smallest absolute Gasteiger partial charge is 0.274 e. The van der Waals surface area contributed by atoms with Crippen LogP contribution < -0.4 is 15.8 Å². The van der Waals surface area contributed by atoms with Crippen LogP contribution in [0, 0.1) is 5.92 Å². The standard InChI is InChI=1S/C17H27N3O2/c1-12(2)22-15-9-6-10-19-16(15)17(21)20-14(11-18)13-7-4-3-5-8-13/h6,9-10,12-14H,3-5,7-8,11,18H2,1-2H3,(H,20,21). The van der Waals surface area contributed by atoms with E-state index in [1.165, 1.54) is 19.3 Å². The maximum absolute atomic E-state index is 12.5. The van der Waals surface area contributed by atoms with Crippen LogP contribution in [0.4, 0.5) is 0 Å². The molecule has 1 amide bonds. The maximum Gasteiger partial charge on any atom is 0.274 e. The topological polar surface area (TPSA) is 77.2 Å². The van der Waals surface area contributed by atoms with Crippen LogP contribution >= 0.6 is 0 Å². The number of rotatable bonds is 6. The predicted octanol–water partition coefficient (Wildman–Crippen LogP) is 2.51. The Kier molecular flexibility index (Phi) is 6.19. The lowest BCUT2D eigenvalue weighted by atomic mass is 9.84. The van der Waals surface area contributed by atoms with Gasteiger partial charge in [-0.2, -0.15) is 0 Å². The monoisotopic (exact) mass is 305 g/mol. The number of amides is 1. The highest BCUT2D eigenvalue weighted by Gasteiger charge is 2.26. The van der Waals surface area contributed by atoms with Crippen molar-refractivity contribution in [3.63, 3.8) is 0 Å². The lowest BCUT2D eigenvalue weighted by molar-refractivity contribution is 0.0904. The zero-order valence-electron chi connectivity index (χ0n) is 13.5. The molecule has 122 valence electrons. The molecule has 1 heterocycles. The third kappa shape index (κ3) is 4.44. The van der Waals surface area contributed by atoms with Gasteiger partial charge in [-0.15, -0.1) is 0 Å². The van der Waals surface area contributed by atoms with Crippen molar-refractivity contribution in [3.05, 3.63) is 24.0 Å². The largest absolute Gasteiger partial charge is 0.489 e. The van der Waals surface area contributed by atoms with E-state index in [0.29, 0.717) is 23.9 Å². The molecule has 0 saturated heterocycles. The maximum atomic E-state index is 12.5. The van der Waals surface area contributed by atoms with Gasteiger partial charge < -0.3 is 15.8 Å². The van der Waals surface area contributed by atoms with E-state index in [2.05, 4.69) is 10.3 Å². The van der Waals surface area contributed by atoms with Gasteiger partial charge in [0.15, 0.2) is 11.4 Å². The molecule has 1 aromatic rings. The predicted molar refractivity (Wildman–Crippen MR) is 86.9 cm³/mol. The minimum absolute atomic E-state index is 0.000556. The summed E-state index contributed by atoms with van der Waals surface area (Å²) in [4.78, 5) is 16.7. The SMILES string of the molecule is CC(C)Oc1cccnc1C(=O)NC(CN)C1CCCCC1. The van der Waals surface area contributed by atoms with Crippen LogP contribution in [0.1, 0.15) is 56.4 Å².